The maximum Gasteiger partial charge on any atom is 0.370 e. The first kappa shape index (κ1) is 18.8. The number of benzene rings is 2. The average molecular weight is 416 g/mol. The fourth-order valence-electron chi connectivity index (χ4n) is 2.81. The van der Waals surface area contributed by atoms with Crippen molar-refractivity contribution in [3.63, 3.8) is 0 Å². The van der Waals surface area contributed by atoms with Gasteiger partial charge in [0, 0.05) is 0 Å². The number of pyridine rings is 1. The minimum atomic E-state index is -0.921. The smallest absolute Gasteiger partial charge is 0.370 e. The molecule has 146 valence electrons. The van der Waals surface area contributed by atoms with Gasteiger partial charge in [-0.15, -0.1) is 0 Å². The average Bonchev–Trinajstić information content (AvgIpc) is 2.72. The lowest BCUT2D eigenvalue weighted by Crippen LogP contribution is -2.43. The number of halogens is 3. The molecule has 2 aromatic heterocycles. The Hall–Kier alpha value is -3.52. The molecule has 2 aromatic carbocycles. The van der Waals surface area contributed by atoms with Gasteiger partial charge in [0.15, 0.2) is 16.6 Å². The van der Waals surface area contributed by atoms with Gasteiger partial charge in [0.25, 0.3) is 5.56 Å². The molecule has 0 aliphatic carbocycles. The van der Waals surface area contributed by atoms with Crippen LogP contribution in [0.1, 0.15) is 5.56 Å². The van der Waals surface area contributed by atoms with E-state index in [9.17, 15) is 18.4 Å². The lowest BCUT2D eigenvalue weighted by molar-refractivity contribution is 0.0789. The molecule has 0 bridgehead atoms. The molecule has 0 saturated carbocycles. The second-order valence-corrected chi connectivity index (χ2v) is 6.44. The maximum atomic E-state index is 14.0. The molecule has 9 heteroatoms. The Morgan fingerprint density at radius 3 is 2.38 bits per heavy atom. The molecule has 2 heterocycles. The fraction of sp³-hybridized carbons (Fsp3) is 0.0500. The molecule has 0 aliphatic rings. The highest BCUT2D eigenvalue weighted by Crippen LogP contribution is 2.18. The van der Waals surface area contributed by atoms with Gasteiger partial charge in [-0.2, -0.15) is 0 Å². The van der Waals surface area contributed by atoms with Crippen LogP contribution in [-0.2, 0) is 6.61 Å². The lowest BCUT2D eigenvalue weighted by Gasteiger charge is -2.14. The van der Waals surface area contributed by atoms with Gasteiger partial charge >= 0.3 is 5.69 Å². The summed E-state index contributed by atoms with van der Waals surface area (Å²) in [5.41, 5.74) is -1.03. The van der Waals surface area contributed by atoms with E-state index >= 15 is 0 Å². The largest absolute Gasteiger partial charge is 0.401 e. The van der Waals surface area contributed by atoms with Gasteiger partial charge in [0.1, 0.15) is 12.4 Å². The van der Waals surface area contributed by atoms with Crippen molar-refractivity contribution < 1.29 is 13.6 Å². The Bertz CT molecular complexity index is 1320. The van der Waals surface area contributed by atoms with E-state index in [4.69, 9.17) is 16.4 Å². The summed E-state index contributed by atoms with van der Waals surface area (Å²) in [6.07, 6.45) is 0. The Labute approximate surface area is 167 Å². The van der Waals surface area contributed by atoms with Crippen LogP contribution in [0.5, 0.6) is 0 Å². The van der Waals surface area contributed by atoms with E-state index in [1.807, 2.05) is 6.07 Å². The van der Waals surface area contributed by atoms with Crippen LogP contribution in [0.15, 0.2) is 70.3 Å². The second kappa shape index (κ2) is 7.48. The normalized spacial score (nSPS) is 11.0. The summed E-state index contributed by atoms with van der Waals surface area (Å²) in [5.74, 6) is -1.44. The summed E-state index contributed by atoms with van der Waals surface area (Å²) >= 11 is 5.76. The molecule has 0 unspecified atom stereocenters. The molecule has 0 amide bonds. The molecular weight excluding hydrogens is 404 g/mol. The summed E-state index contributed by atoms with van der Waals surface area (Å²) in [6, 6.07) is 14.7. The number of rotatable bonds is 4. The minimum absolute atomic E-state index is 0.0750. The highest BCUT2D eigenvalue weighted by Gasteiger charge is 2.19. The fourth-order valence-corrected chi connectivity index (χ4v) is 2.95. The Morgan fingerprint density at radius 2 is 1.69 bits per heavy atom. The van der Waals surface area contributed by atoms with E-state index in [2.05, 4.69) is 4.98 Å². The zero-order valence-corrected chi connectivity index (χ0v) is 15.4. The topological polar surface area (TPSA) is 66.1 Å². The molecule has 0 N–H and O–H groups in total. The van der Waals surface area contributed by atoms with Gasteiger partial charge in [0.05, 0.1) is 11.1 Å². The van der Waals surface area contributed by atoms with Gasteiger partial charge in [-0.25, -0.2) is 23.1 Å². The second-order valence-electron chi connectivity index (χ2n) is 6.09. The van der Waals surface area contributed by atoms with Gasteiger partial charge in [0.2, 0.25) is 0 Å². The molecule has 0 atom stereocenters. The third-order valence-corrected chi connectivity index (χ3v) is 4.46. The van der Waals surface area contributed by atoms with Crippen LogP contribution in [-0.4, -0.2) is 14.3 Å². The van der Waals surface area contributed by atoms with Crippen LogP contribution in [0.2, 0.25) is 5.15 Å². The minimum Gasteiger partial charge on any atom is -0.401 e. The first-order valence-electron chi connectivity index (χ1n) is 8.42. The first-order valence-corrected chi connectivity index (χ1v) is 8.80. The summed E-state index contributed by atoms with van der Waals surface area (Å²) in [5, 5.41) is -0.723. The van der Waals surface area contributed by atoms with Crippen molar-refractivity contribution in [2.75, 3.05) is 0 Å². The predicted molar refractivity (Wildman–Crippen MR) is 103 cm³/mol. The number of hydrogen-bond acceptors (Lipinski definition) is 4. The molecule has 6 nitrogen and oxygen atoms in total. The highest BCUT2D eigenvalue weighted by molar-refractivity contribution is 6.29. The van der Waals surface area contributed by atoms with Crippen molar-refractivity contribution in [3.05, 3.63) is 104 Å². The summed E-state index contributed by atoms with van der Waals surface area (Å²) in [7, 11) is 0. The quantitative estimate of drug-likeness (QED) is 0.480. The Balaban J connectivity index is 1.96. The van der Waals surface area contributed by atoms with Crippen LogP contribution in [0.25, 0.3) is 16.7 Å². The number of nitrogens with zero attached hydrogens (tertiary/aromatic N) is 3. The molecule has 29 heavy (non-hydrogen) atoms. The van der Waals surface area contributed by atoms with Crippen LogP contribution in [0.3, 0.4) is 0 Å². The van der Waals surface area contributed by atoms with E-state index in [0.29, 0.717) is 10.3 Å². The molecule has 0 fully saturated rings. The number of fused-ring (bicyclic) bond motifs is 1. The van der Waals surface area contributed by atoms with Gasteiger partial charge in [-0.1, -0.05) is 46.7 Å². The summed E-state index contributed by atoms with van der Waals surface area (Å²) in [4.78, 5) is 35.1. The van der Waals surface area contributed by atoms with Crippen molar-refractivity contribution in [2.45, 2.75) is 6.61 Å². The van der Waals surface area contributed by atoms with Crippen LogP contribution in [0, 0.1) is 11.6 Å². The van der Waals surface area contributed by atoms with E-state index in [1.165, 1.54) is 12.1 Å². The zero-order valence-electron chi connectivity index (χ0n) is 14.7. The van der Waals surface area contributed by atoms with Crippen molar-refractivity contribution in [3.8, 4) is 5.69 Å². The van der Waals surface area contributed by atoms with Gasteiger partial charge < -0.3 is 4.84 Å². The van der Waals surface area contributed by atoms with Crippen LogP contribution >= 0.6 is 11.6 Å². The van der Waals surface area contributed by atoms with E-state index in [-0.39, 0.29) is 23.3 Å². The van der Waals surface area contributed by atoms with Crippen molar-refractivity contribution in [2.24, 2.45) is 0 Å². The SMILES string of the molecule is O=c1c2cc(F)c(Cl)nc2n(-c2ccc(F)cc2)c(=O)n1OCc1ccccc1. The van der Waals surface area contributed by atoms with E-state index < -0.39 is 28.0 Å². The Kier molecular flexibility index (Phi) is 4.85. The molecule has 4 rings (SSSR count). The number of aromatic nitrogens is 3. The third kappa shape index (κ3) is 3.50. The summed E-state index contributed by atoms with van der Waals surface area (Å²) in [6.45, 7) is -0.0750. The van der Waals surface area contributed by atoms with Crippen LogP contribution in [0.4, 0.5) is 8.78 Å². The summed E-state index contributed by atoms with van der Waals surface area (Å²) < 4.78 is 28.8. The zero-order chi connectivity index (χ0) is 20.5. The monoisotopic (exact) mass is 415 g/mol. The number of hydrogen-bond donors (Lipinski definition) is 0. The standard InChI is InChI=1S/C20H12ClF2N3O3/c21-17-16(23)10-15-18(24-17)25(14-8-6-13(22)7-9-14)20(28)26(19(15)27)29-11-12-4-2-1-3-5-12/h1-10H,11H2. The molecule has 0 aliphatic heterocycles. The molecule has 0 spiro atoms. The third-order valence-electron chi connectivity index (χ3n) is 4.19. The molecule has 4 aromatic rings. The highest BCUT2D eigenvalue weighted by atomic mass is 35.5. The van der Waals surface area contributed by atoms with Crippen molar-refractivity contribution in [1.29, 1.82) is 0 Å². The van der Waals surface area contributed by atoms with Crippen molar-refractivity contribution in [1.82, 2.24) is 14.3 Å². The van der Waals surface area contributed by atoms with Gasteiger partial charge in [-0.3, -0.25) is 4.79 Å². The van der Waals surface area contributed by atoms with E-state index in [1.54, 1.807) is 24.3 Å². The van der Waals surface area contributed by atoms with Crippen LogP contribution < -0.4 is 16.1 Å². The molecule has 0 saturated heterocycles. The maximum absolute atomic E-state index is 14.0. The Morgan fingerprint density at radius 1 is 1.00 bits per heavy atom. The lowest BCUT2D eigenvalue weighted by atomic mass is 10.2. The first-order chi connectivity index (χ1) is 14.0. The molecule has 0 radical (unpaired) electrons. The van der Waals surface area contributed by atoms with Gasteiger partial charge in [-0.05, 0) is 35.9 Å². The van der Waals surface area contributed by atoms with E-state index in [0.717, 1.165) is 22.8 Å². The predicted octanol–water partition coefficient (Wildman–Crippen LogP) is 3.11. The molecular formula is C20H12ClF2N3O3. The van der Waals surface area contributed by atoms with Crippen molar-refractivity contribution >= 4 is 22.6 Å².